The van der Waals surface area contributed by atoms with E-state index >= 15 is 0 Å². The molecule has 1 aliphatic heterocycles. The van der Waals surface area contributed by atoms with Crippen LogP contribution in [0.3, 0.4) is 0 Å². The molecule has 1 fully saturated rings. The Morgan fingerprint density at radius 1 is 1.19 bits per heavy atom. The molecule has 1 amide bonds. The second-order valence-electron chi connectivity index (χ2n) is 6.62. The van der Waals surface area contributed by atoms with Gasteiger partial charge >= 0.3 is 6.18 Å². The fourth-order valence-corrected chi connectivity index (χ4v) is 3.97. The number of alkyl halides is 3. The third-order valence-electron chi connectivity index (χ3n) is 4.57. The normalized spacial score (nSPS) is 16.5. The summed E-state index contributed by atoms with van der Waals surface area (Å²) in [7, 11) is 1.26. The van der Waals surface area contributed by atoms with Crippen LogP contribution in [-0.2, 0) is 13.2 Å². The van der Waals surface area contributed by atoms with Gasteiger partial charge in [0.25, 0.3) is 5.91 Å². The number of aromatic nitrogens is 2. The predicted octanol–water partition coefficient (Wildman–Crippen LogP) is 3.33. The Bertz CT molecular complexity index is 788. The number of nitrogens with zero attached hydrogens (tertiary/aromatic N) is 4. The average Bonchev–Trinajstić information content (AvgIpc) is 3.20. The Morgan fingerprint density at radius 2 is 1.85 bits per heavy atom. The van der Waals surface area contributed by atoms with Crippen molar-refractivity contribution in [3.8, 4) is 10.6 Å². The maximum atomic E-state index is 12.9. The summed E-state index contributed by atoms with van der Waals surface area (Å²) >= 11 is 1.18. The molecule has 9 heteroatoms. The van der Waals surface area contributed by atoms with Crippen LogP contribution in [0.25, 0.3) is 10.6 Å². The molecule has 1 aliphatic rings. The van der Waals surface area contributed by atoms with E-state index in [1.807, 2.05) is 0 Å². The largest absolute Gasteiger partial charge is 0.433 e. The molecular formula is C17H21F3N4OS. The van der Waals surface area contributed by atoms with Crippen molar-refractivity contribution in [2.24, 2.45) is 7.05 Å². The van der Waals surface area contributed by atoms with E-state index in [0.29, 0.717) is 28.9 Å². The van der Waals surface area contributed by atoms with Gasteiger partial charge in [0.1, 0.15) is 11.4 Å². The van der Waals surface area contributed by atoms with Gasteiger partial charge in [-0.15, -0.1) is 11.3 Å². The number of piperazine rings is 1. The molecule has 5 nitrogen and oxygen atoms in total. The fraction of sp³-hybridized carbons (Fsp3) is 0.529. The SMILES string of the molecule is CC(C)N1CCN(C(=O)c2ccc(-c3cc(C(F)(F)F)n(C)n3)s2)CC1. The lowest BCUT2D eigenvalue weighted by Gasteiger charge is -2.36. The van der Waals surface area contributed by atoms with Gasteiger partial charge in [0.15, 0.2) is 0 Å². The molecule has 2 aromatic heterocycles. The minimum Gasteiger partial charge on any atom is -0.335 e. The van der Waals surface area contributed by atoms with Gasteiger partial charge in [-0.05, 0) is 32.0 Å². The number of amides is 1. The van der Waals surface area contributed by atoms with Crippen molar-refractivity contribution >= 4 is 17.2 Å². The third-order valence-corrected chi connectivity index (χ3v) is 5.67. The number of hydrogen-bond donors (Lipinski definition) is 0. The summed E-state index contributed by atoms with van der Waals surface area (Å²) in [6.45, 7) is 7.24. The first-order chi connectivity index (χ1) is 12.2. The Kier molecular flexibility index (Phi) is 5.12. The van der Waals surface area contributed by atoms with Crippen LogP contribution in [0, 0.1) is 0 Å². The standard InChI is InChI=1S/C17H21F3N4OS/c1-11(2)23-6-8-24(9-7-23)16(25)14-5-4-13(26-14)12-10-15(17(18,19)20)22(3)21-12/h4-5,10-11H,6-9H2,1-3H3. The molecule has 0 aliphatic carbocycles. The van der Waals surface area contributed by atoms with Crippen LogP contribution in [0.1, 0.15) is 29.2 Å². The number of hydrogen-bond acceptors (Lipinski definition) is 4. The van der Waals surface area contributed by atoms with Crippen LogP contribution in [0.15, 0.2) is 18.2 Å². The van der Waals surface area contributed by atoms with Crippen molar-refractivity contribution in [3.05, 3.63) is 28.8 Å². The molecule has 3 heterocycles. The first-order valence-corrected chi connectivity index (χ1v) is 9.23. The molecule has 0 radical (unpaired) electrons. The van der Waals surface area contributed by atoms with E-state index in [1.165, 1.54) is 18.4 Å². The van der Waals surface area contributed by atoms with Crippen molar-refractivity contribution < 1.29 is 18.0 Å². The molecule has 0 bridgehead atoms. The highest BCUT2D eigenvalue weighted by atomic mass is 32.1. The molecule has 2 aromatic rings. The fourth-order valence-electron chi connectivity index (χ4n) is 3.04. The number of thiophene rings is 1. The van der Waals surface area contributed by atoms with E-state index in [0.717, 1.165) is 23.8 Å². The van der Waals surface area contributed by atoms with E-state index in [4.69, 9.17) is 0 Å². The first kappa shape index (κ1) is 18.9. The Morgan fingerprint density at radius 3 is 2.38 bits per heavy atom. The lowest BCUT2D eigenvalue weighted by Crippen LogP contribution is -2.50. The molecule has 0 aromatic carbocycles. The highest BCUT2D eigenvalue weighted by molar-refractivity contribution is 7.17. The Balaban J connectivity index is 1.73. The average molecular weight is 386 g/mol. The quantitative estimate of drug-likeness (QED) is 0.813. The van der Waals surface area contributed by atoms with E-state index in [-0.39, 0.29) is 11.6 Å². The second kappa shape index (κ2) is 7.03. The van der Waals surface area contributed by atoms with Crippen LogP contribution in [0.2, 0.25) is 0 Å². The van der Waals surface area contributed by atoms with Crippen molar-refractivity contribution in [2.75, 3.05) is 26.2 Å². The van der Waals surface area contributed by atoms with Crippen LogP contribution >= 0.6 is 11.3 Å². The van der Waals surface area contributed by atoms with Gasteiger partial charge in [0, 0.05) is 39.3 Å². The summed E-state index contributed by atoms with van der Waals surface area (Å²) in [4.78, 5) is 17.9. The van der Waals surface area contributed by atoms with Crippen molar-refractivity contribution in [1.29, 1.82) is 0 Å². The van der Waals surface area contributed by atoms with Gasteiger partial charge in [-0.3, -0.25) is 14.4 Å². The highest BCUT2D eigenvalue weighted by Gasteiger charge is 2.35. The number of aryl methyl sites for hydroxylation is 1. The van der Waals surface area contributed by atoms with Crippen LogP contribution in [-0.4, -0.2) is 57.7 Å². The predicted molar refractivity (Wildman–Crippen MR) is 94.1 cm³/mol. The topological polar surface area (TPSA) is 41.4 Å². The molecule has 0 atom stereocenters. The maximum Gasteiger partial charge on any atom is 0.433 e. The zero-order valence-corrected chi connectivity index (χ0v) is 15.7. The summed E-state index contributed by atoms with van der Waals surface area (Å²) in [5.74, 6) is -0.0726. The molecule has 0 unspecified atom stereocenters. The molecular weight excluding hydrogens is 365 g/mol. The Hall–Kier alpha value is -1.87. The summed E-state index contributed by atoms with van der Waals surface area (Å²) < 4.78 is 39.6. The molecule has 142 valence electrons. The minimum atomic E-state index is -4.45. The van der Waals surface area contributed by atoms with E-state index in [1.54, 1.807) is 17.0 Å². The number of rotatable bonds is 3. The second-order valence-corrected chi connectivity index (χ2v) is 7.71. The smallest absolute Gasteiger partial charge is 0.335 e. The molecule has 1 saturated heterocycles. The molecule has 26 heavy (non-hydrogen) atoms. The molecule has 0 saturated carbocycles. The van der Waals surface area contributed by atoms with Gasteiger partial charge in [0.2, 0.25) is 0 Å². The van der Waals surface area contributed by atoms with Gasteiger partial charge in [0.05, 0.1) is 9.75 Å². The molecule has 0 N–H and O–H groups in total. The van der Waals surface area contributed by atoms with Crippen molar-refractivity contribution in [1.82, 2.24) is 19.6 Å². The molecule has 3 rings (SSSR count). The van der Waals surface area contributed by atoms with Gasteiger partial charge in [-0.1, -0.05) is 0 Å². The zero-order chi connectivity index (χ0) is 19.1. The zero-order valence-electron chi connectivity index (χ0n) is 14.9. The number of carbonyl (C=O) groups is 1. The Labute approximate surface area is 154 Å². The van der Waals surface area contributed by atoms with E-state index in [9.17, 15) is 18.0 Å². The summed E-state index contributed by atoms with van der Waals surface area (Å²) in [5, 5.41) is 3.94. The van der Waals surface area contributed by atoms with Crippen molar-refractivity contribution in [2.45, 2.75) is 26.1 Å². The monoisotopic (exact) mass is 386 g/mol. The van der Waals surface area contributed by atoms with E-state index in [2.05, 4.69) is 23.8 Å². The lowest BCUT2D eigenvalue weighted by molar-refractivity contribution is -0.143. The van der Waals surface area contributed by atoms with Gasteiger partial charge < -0.3 is 4.90 Å². The first-order valence-electron chi connectivity index (χ1n) is 8.41. The van der Waals surface area contributed by atoms with Crippen LogP contribution in [0.4, 0.5) is 13.2 Å². The molecule has 0 spiro atoms. The van der Waals surface area contributed by atoms with E-state index < -0.39 is 11.9 Å². The lowest BCUT2D eigenvalue weighted by atomic mass is 10.2. The van der Waals surface area contributed by atoms with Crippen LogP contribution in [0.5, 0.6) is 0 Å². The number of halogens is 3. The number of carbonyl (C=O) groups excluding carboxylic acids is 1. The highest BCUT2D eigenvalue weighted by Crippen LogP contribution is 2.34. The minimum absolute atomic E-state index is 0.0726. The maximum absolute atomic E-state index is 12.9. The van der Waals surface area contributed by atoms with Gasteiger partial charge in [-0.25, -0.2) is 0 Å². The van der Waals surface area contributed by atoms with Gasteiger partial charge in [-0.2, -0.15) is 18.3 Å². The summed E-state index contributed by atoms with van der Waals surface area (Å²) in [6, 6.07) is 4.79. The third kappa shape index (κ3) is 3.78. The summed E-state index contributed by atoms with van der Waals surface area (Å²) in [6.07, 6.45) is -4.45. The summed E-state index contributed by atoms with van der Waals surface area (Å²) in [5.41, 5.74) is -0.577. The van der Waals surface area contributed by atoms with Crippen molar-refractivity contribution in [3.63, 3.8) is 0 Å². The van der Waals surface area contributed by atoms with Crippen LogP contribution < -0.4 is 0 Å².